The van der Waals surface area contributed by atoms with Gasteiger partial charge < -0.3 is 4.90 Å². The largest absolute Gasteiger partial charge is 0.345 e. The van der Waals surface area contributed by atoms with Crippen LogP contribution in [0.3, 0.4) is 0 Å². The van der Waals surface area contributed by atoms with Crippen molar-refractivity contribution < 1.29 is 4.79 Å². The highest BCUT2D eigenvalue weighted by Crippen LogP contribution is 2.29. The van der Waals surface area contributed by atoms with E-state index in [0.717, 1.165) is 16.7 Å². The Morgan fingerprint density at radius 3 is 2.79 bits per heavy atom. The number of hydrogen-bond donors (Lipinski definition) is 0. The summed E-state index contributed by atoms with van der Waals surface area (Å²) in [5.74, 6) is 0.0680. The molecule has 0 aromatic heterocycles. The number of carbonyl (C=O) groups excluding carboxylic acids is 1. The van der Waals surface area contributed by atoms with Gasteiger partial charge in [-0.1, -0.05) is 6.07 Å². The van der Waals surface area contributed by atoms with Crippen molar-refractivity contribution in [1.82, 2.24) is 4.90 Å². The fourth-order valence-corrected chi connectivity index (χ4v) is 2.14. The number of fused-ring (bicyclic) bond motifs is 1. The number of rotatable bonds is 1. The molecular weight excluding hydrogens is 194 g/mol. The molecule has 0 unspecified atom stereocenters. The fourth-order valence-electron chi connectivity index (χ4n) is 1.43. The molecule has 2 rings (SSSR count). The maximum absolute atomic E-state index is 11.8. The Morgan fingerprint density at radius 1 is 1.29 bits per heavy atom. The second-order valence-corrected chi connectivity index (χ2v) is 4.15. The van der Waals surface area contributed by atoms with Gasteiger partial charge in [0.25, 0.3) is 5.91 Å². The van der Waals surface area contributed by atoms with Gasteiger partial charge in [0.05, 0.1) is 0 Å². The molecule has 72 valence electrons. The summed E-state index contributed by atoms with van der Waals surface area (Å²) in [4.78, 5) is 13.4. The lowest BCUT2D eigenvalue weighted by Gasteiger charge is -2.10. The minimum Gasteiger partial charge on any atom is -0.345 e. The summed E-state index contributed by atoms with van der Waals surface area (Å²) in [6.45, 7) is 0. The van der Waals surface area contributed by atoms with E-state index < -0.39 is 0 Å². The quantitative estimate of drug-likeness (QED) is 0.700. The van der Waals surface area contributed by atoms with Crippen LogP contribution in [0.4, 0.5) is 0 Å². The first-order valence-corrected chi connectivity index (χ1v) is 5.31. The third-order valence-electron chi connectivity index (χ3n) is 2.18. The first-order valence-electron chi connectivity index (χ1n) is 4.36. The van der Waals surface area contributed by atoms with Crippen molar-refractivity contribution in [1.29, 1.82) is 0 Å². The first-order chi connectivity index (χ1) is 6.70. The number of amides is 1. The van der Waals surface area contributed by atoms with Crippen molar-refractivity contribution in [2.75, 3.05) is 14.1 Å². The zero-order valence-electron chi connectivity index (χ0n) is 8.15. The predicted octanol–water partition coefficient (Wildman–Crippen LogP) is 2.55. The highest BCUT2D eigenvalue weighted by Gasteiger charge is 2.16. The van der Waals surface area contributed by atoms with Crippen molar-refractivity contribution >= 4 is 17.2 Å². The summed E-state index contributed by atoms with van der Waals surface area (Å²) >= 11 is 1.61. The van der Waals surface area contributed by atoms with E-state index in [0.29, 0.717) is 0 Å². The van der Waals surface area contributed by atoms with Gasteiger partial charge in [-0.25, -0.2) is 0 Å². The van der Waals surface area contributed by atoms with E-state index in [-0.39, 0.29) is 5.91 Å². The molecule has 1 aliphatic heterocycles. The van der Waals surface area contributed by atoms with Gasteiger partial charge in [0, 0.05) is 25.2 Å². The monoisotopic (exact) mass is 205 g/mol. The smallest absolute Gasteiger partial charge is 0.253 e. The van der Waals surface area contributed by atoms with Crippen LogP contribution in [-0.4, -0.2) is 24.9 Å². The van der Waals surface area contributed by atoms with E-state index in [9.17, 15) is 4.79 Å². The third-order valence-corrected chi connectivity index (χ3v) is 2.84. The molecule has 0 N–H and O–H groups in total. The van der Waals surface area contributed by atoms with Gasteiger partial charge in [0.1, 0.15) is 0 Å². The molecule has 0 saturated carbocycles. The standard InChI is InChI=1S/C11H11NOS/c1-12(2)11(13)9-4-3-8-5-6-14-7-10(8)9/h3-7H,1-2H3. The second kappa shape index (κ2) is 3.42. The lowest BCUT2D eigenvalue weighted by molar-refractivity contribution is 0.0829. The average molecular weight is 205 g/mol. The molecule has 0 radical (unpaired) electrons. The Kier molecular flexibility index (Phi) is 2.25. The molecule has 1 amide bonds. The molecule has 1 aliphatic carbocycles. The molecular formula is C11H11NOS. The Bertz CT molecular complexity index is 433. The van der Waals surface area contributed by atoms with Gasteiger partial charge in [-0.2, -0.15) is 11.3 Å². The summed E-state index contributed by atoms with van der Waals surface area (Å²) in [6.07, 6.45) is 0. The highest BCUT2D eigenvalue weighted by molar-refractivity contribution is 7.08. The van der Waals surface area contributed by atoms with Crippen LogP contribution in [0.15, 0.2) is 29.0 Å². The van der Waals surface area contributed by atoms with Crippen LogP contribution in [0.5, 0.6) is 0 Å². The summed E-state index contributed by atoms with van der Waals surface area (Å²) in [5, 5.41) is 4.04. The maximum atomic E-state index is 11.8. The Labute approximate surface area is 87.1 Å². The molecule has 0 bridgehead atoms. The molecule has 0 spiro atoms. The Morgan fingerprint density at radius 2 is 2.07 bits per heavy atom. The molecule has 0 fully saturated rings. The van der Waals surface area contributed by atoms with Crippen molar-refractivity contribution in [2.45, 2.75) is 0 Å². The van der Waals surface area contributed by atoms with Crippen molar-refractivity contribution in [3.8, 4) is 11.1 Å². The second-order valence-electron chi connectivity index (χ2n) is 3.37. The summed E-state index contributed by atoms with van der Waals surface area (Å²) in [5.41, 5.74) is 2.98. The van der Waals surface area contributed by atoms with E-state index in [1.807, 2.05) is 29.0 Å². The van der Waals surface area contributed by atoms with Crippen LogP contribution in [0.2, 0.25) is 0 Å². The lowest BCUT2D eigenvalue weighted by Crippen LogP contribution is -2.21. The fraction of sp³-hybridized carbons (Fsp3) is 0.182. The topological polar surface area (TPSA) is 20.3 Å². The van der Waals surface area contributed by atoms with E-state index in [4.69, 9.17) is 0 Å². The first kappa shape index (κ1) is 9.21. The molecule has 2 aliphatic rings. The van der Waals surface area contributed by atoms with Crippen molar-refractivity contribution in [3.05, 3.63) is 34.5 Å². The van der Waals surface area contributed by atoms with Gasteiger partial charge >= 0.3 is 0 Å². The minimum atomic E-state index is 0.0680. The number of nitrogens with zero attached hydrogens (tertiary/aromatic N) is 1. The Balaban J connectivity index is 2.50. The summed E-state index contributed by atoms with van der Waals surface area (Å²) in [7, 11) is 3.54. The van der Waals surface area contributed by atoms with Gasteiger partial charge in [-0.3, -0.25) is 4.79 Å². The van der Waals surface area contributed by atoms with Crippen LogP contribution in [-0.2, 0) is 0 Å². The van der Waals surface area contributed by atoms with Gasteiger partial charge in [0.15, 0.2) is 0 Å². The Hall–Kier alpha value is -1.35. The molecule has 0 aromatic rings. The van der Waals surface area contributed by atoms with E-state index in [1.54, 1.807) is 30.3 Å². The zero-order chi connectivity index (χ0) is 10.1. The van der Waals surface area contributed by atoms with Crippen LogP contribution < -0.4 is 0 Å². The van der Waals surface area contributed by atoms with Gasteiger partial charge in [-0.15, -0.1) is 0 Å². The van der Waals surface area contributed by atoms with Crippen LogP contribution in [0, 0.1) is 0 Å². The zero-order valence-corrected chi connectivity index (χ0v) is 8.97. The average Bonchev–Trinajstić information content (AvgIpc) is 2.60. The van der Waals surface area contributed by atoms with Crippen molar-refractivity contribution in [3.63, 3.8) is 0 Å². The maximum Gasteiger partial charge on any atom is 0.253 e. The van der Waals surface area contributed by atoms with Crippen LogP contribution in [0.1, 0.15) is 10.4 Å². The van der Waals surface area contributed by atoms with E-state index in [2.05, 4.69) is 0 Å². The summed E-state index contributed by atoms with van der Waals surface area (Å²) < 4.78 is 0. The SMILES string of the molecule is CN(C)C(=O)c1ccc2ccscc1-2. The highest BCUT2D eigenvalue weighted by atomic mass is 32.1. The summed E-state index contributed by atoms with van der Waals surface area (Å²) in [6, 6.07) is 5.91. The number of carbonyl (C=O) groups is 1. The molecule has 2 nitrogen and oxygen atoms in total. The number of hydrogen-bond acceptors (Lipinski definition) is 2. The molecule has 0 saturated heterocycles. The predicted molar refractivity (Wildman–Crippen MR) is 59.0 cm³/mol. The lowest BCUT2D eigenvalue weighted by atomic mass is 10.1. The van der Waals surface area contributed by atoms with Crippen molar-refractivity contribution in [2.24, 2.45) is 0 Å². The van der Waals surface area contributed by atoms with Crippen LogP contribution in [0.25, 0.3) is 11.1 Å². The molecule has 1 heterocycles. The molecule has 0 atom stereocenters. The molecule has 14 heavy (non-hydrogen) atoms. The van der Waals surface area contributed by atoms with E-state index >= 15 is 0 Å². The van der Waals surface area contributed by atoms with Gasteiger partial charge in [0.2, 0.25) is 0 Å². The molecule has 0 aromatic carbocycles. The minimum absolute atomic E-state index is 0.0680. The van der Waals surface area contributed by atoms with Crippen LogP contribution >= 0.6 is 11.3 Å². The molecule has 3 heteroatoms. The van der Waals surface area contributed by atoms with E-state index in [1.165, 1.54) is 0 Å². The van der Waals surface area contributed by atoms with Gasteiger partial charge in [-0.05, 0) is 28.5 Å². The normalized spacial score (nSPS) is 10.4. The third kappa shape index (κ3) is 1.40.